The minimum absolute atomic E-state index is 0.0711. The van der Waals surface area contributed by atoms with Gasteiger partial charge in [-0.2, -0.15) is 0 Å². The van der Waals surface area contributed by atoms with E-state index in [2.05, 4.69) is 29.2 Å². The lowest BCUT2D eigenvalue weighted by atomic mass is 9.96. The van der Waals surface area contributed by atoms with Gasteiger partial charge in [0.1, 0.15) is 5.54 Å². The Morgan fingerprint density at radius 2 is 2.00 bits per heavy atom. The first kappa shape index (κ1) is 16.7. The molecular weight excluding hydrogens is 266 g/mol. The minimum Gasteiger partial charge on any atom is -0.465 e. The summed E-state index contributed by atoms with van der Waals surface area (Å²) < 4.78 is 5.28. The zero-order valence-electron chi connectivity index (χ0n) is 14.0. The molecule has 2 fully saturated rings. The number of hydrogen-bond donors (Lipinski definition) is 1. The quantitative estimate of drug-likeness (QED) is 0.770. The first-order valence-corrected chi connectivity index (χ1v) is 8.29. The molecule has 122 valence electrons. The summed E-state index contributed by atoms with van der Waals surface area (Å²) in [6, 6.07) is 1.23. The molecule has 1 aliphatic heterocycles. The lowest BCUT2D eigenvalue weighted by molar-refractivity contribution is -0.151. The molecule has 0 bridgehead atoms. The van der Waals surface area contributed by atoms with Gasteiger partial charge in [-0.1, -0.05) is 0 Å². The summed E-state index contributed by atoms with van der Waals surface area (Å²) in [5.41, 5.74) is -0.459. The lowest BCUT2D eigenvalue weighted by Crippen LogP contribution is -2.51. The van der Waals surface area contributed by atoms with Crippen molar-refractivity contribution in [1.29, 1.82) is 0 Å². The van der Waals surface area contributed by atoms with Crippen LogP contribution in [0.3, 0.4) is 0 Å². The number of nitrogens with zero attached hydrogens (tertiary/aromatic N) is 2. The van der Waals surface area contributed by atoms with Gasteiger partial charge in [0.05, 0.1) is 6.61 Å². The Bertz CT molecular complexity index is 353. The second-order valence-electron chi connectivity index (χ2n) is 6.68. The molecule has 1 N–H and O–H groups in total. The molecule has 1 saturated carbocycles. The van der Waals surface area contributed by atoms with Gasteiger partial charge in [0.2, 0.25) is 0 Å². The van der Waals surface area contributed by atoms with Gasteiger partial charge in [0.15, 0.2) is 0 Å². The third-order valence-corrected chi connectivity index (χ3v) is 5.38. The van der Waals surface area contributed by atoms with Gasteiger partial charge in [-0.3, -0.25) is 4.79 Å². The number of carbonyl (C=O) groups excluding carboxylic acids is 1. The molecule has 21 heavy (non-hydrogen) atoms. The highest BCUT2D eigenvalue weighted by Gasteiger charge is 2.47. The highest BCUT2D eigenvalue weighted by Crippen LogP contribution is 2.35. The average Bonchev–Trinajstić information content (AvgIpc) is 2.93. The first-order chi connectivity index (χ1) is 10.0. The van der Waals surface area contributed by atoms with Crippen molar-refractivity contribution in [3.63, 3.8) is 0 Å². The second kappa shape index (κ2) is 7.07. The summed E-state index contributed by atoms with van der Waals surface area (Å²) in [5, 5.41) is 3.25. The Labute approximate surface area is 129 Å². The van der Waals surface area contributed by atoms with E-state index in [9.17, 15) is 4.79 Å². The number of hydrogen-bond acceptors (Lipinski definition) is 5. The van der Waals surface area contributed by atoms with Crippen molar-refractivity contribution in [2.24, 2.45) is 0 Å². The molecule has 5 nitrogen and oxygen atoms in total. The monoisotopic (exact) mass is 297 g/mol. The molecule has 1 heterocycles. The number of nitrogens with one attached hydrogen (secondary N) is 1. The van der Waals surface area contributed by atoms with E-state index in [1.54, 1.807) is 0 Å². The number of piperidine rings is 1. The van der Waals surface area contributed by atoms with Crippen LogP contribution in [-0.2, 0) is 9.53 Å². The zero-order chi connectivity index (χ0) is 15.5. The molecule has 0 aromatic rings. The summed E-state index contributed by atoms with van der Waals surface area (Å²) in [7, 11) is 6.23. The van der Waals surface area contributed by atoms with Crippen molar-refractivity contribution in [2.45, 2.75) is 56.7 Å². The minimum atomic E-state index is -0.459. The third-order valence-electron chi connectivity index (χ3n) is 5.38. The summed E-state index contributed by atoms with van der Waals surface area (Å²) in [4.78, 5) is 17.2. The van der Waals surface area contributed by atoms with E-state index in [1.165, 1.54) is 12.8 Å². The number of ether oxygens (including phenoxy) is 1. The van der Waals surface area contributed by atoms with E-state index in [4.69, 9.17) is 4.74 Å². The maximum atomic E-state index is 12.3. The van der Waals surface area contributed by atoms with Gasteiger partial charge >= 0.3 is 5.97 Å². The predicted octanol–water partition coefficient (Wildman–Crippen LogP) is 1.09. The summed E-state index contributed by atoms with van der Waals surface area (Å²) in [5.74, 6) is -0.0711. The largest absolute Gasteiger partial charge is 0.465 e. The van der Waals surface area contributed by atoms with Crippen LogP contribution in [0, 0.1) is 0 Å². The SMILES string of the molecule is CCOC(=O)C1(NC)CCC(N2CCC(N(C)C)CC2)C1. The van der Waals surface area contributed by atoms with E-state index in [1.807, 2.05) is 14.0 Å². The predicted molar refractivity (Wildman–Crippen MR) is 84.3 cm³/mol. The molecule has 2 unspecified atom stereocenters. The fraction of sp³-hybridized carbons (Fsp3) is 0.938. The van der Waals surface area contributed by atoms with Crippen molar-refractivity contribution in [3.8, 4) is 0 Å². The van der Waals surface area contributed by atoms with E-state index in [-0.39, 0.29) is 5.97 Å². The number of likely N-dealkylation sites (N-methyl/N-ethyl adjacent to an activating group) is 1. The van der Waals surface area contributed by atoms with Crippen molar-refractivity contribution < 1.29 is 9.53 Å². The molecule has 2 atom stereocenters. The maximum absolute atomic E-state index is 12.3. The fourth-order valence-electron chi connectivity index (χ4n) is 3.88. The number of likely N-dealkylation sites (tertiary alicyclic amines) is 1. The van der Waals surface area contributed by atoms with Gasteiger partial charge in [0.25, 0.3) is 0 Å². The molecule has 1 aliphatic carbocycles. The van der Waals surface area contributed by atoms with Crippen molar-refractivity contribution >= 4 is 5.97 Å². The smallest absolute Gasteiger partial charge is 0.326 e. The first-order valence-electron chi connectivity index (χ1n) is 8.29. The Morgan fingerprint density at radius 3 is 2.52 bits per heavy atom. The van der Waals surface area contributed by atoms with Gasteiger partial charge in [-0.15, -0.1) is 0 Å². The molecule has 0 aromatic heterocycles. The van der Waals surface area contributed by atoms with Crippen LogP contribution in [0.1, 0.15) is 39.0 Å². The van der Waals surface area contributed by atoms with Crippen molar-refractivity contribution in [2.75, 3.05) is 40.8 Å². The molecule has 0 amide bonds. The number of rotatable bonds is 5. The zero-order valence-corrected chi connectivity index (χ0v) is 14.0. The standard InChI is InChI=1S/C16H31N3O2/c1-5-21-15(20)16(17-2)9-6-14(12-16)19-10-7-13(8-11-19)18(3)4/h13-14,17H,5-12H2,1-4H3. The van der Waals surface area contributed by atoms with E-state index in [0.29, 0.717) is 18.7 Å². The summed E-state index contributed by atoms with van der Waals surface area (Å²) in [6.45, 7) is 4.63. The van der Waals surface area contributed by atoms with Gasteiger partial charge in [-0.05, 0) is 73.3 Å². The molecule has 0 radical (unpaired) electrons. The van der Waals surface area contributed by atoms with Crippen LogP contribution in [-0.4, -0.2) is 74.2 Å². The summed E-state index contributed by atoms with van der Waals surface area (Å²) >= 11 is 0. The average molecular weight is 297 g/mol. The normalized spacial score (nSPS) is 31.8. The van der Waals surface area contributed by atoms with Crippen LogP contribution in [0.15, 0.2) is 0 Å². The molecular formula is C16H31N3O2. The van der Waals surface area contributed by atoms with E-state index < -0.39 is 5.54 Å². The highest BCUT2D eigenvalue weighted by atomic mass is 16.5. The number of esters is 1. The molecule has 2 aliphatic rings. The van der Waals surface area contributed by atoms with Crippen LogP contribution in [0.5, 0.6) is 0 Å². The van der Waals surface area contributed by atoms with Crippen molar-refractivity contribution in [3.05, 3.63) is 0 Å². The Kier molecular flexibility index (Phi) is 5.63. The van der Waals surface area contributed by atoms with Crippen LogP contribution in [0.2, 0.25) is 0 Å². The molecule has 2 rings (SSSR count). The van der Waals surface area contributed by atoms with Crippen molar-refractivity contribution in [1.82, 2.24) is 15.1 Å². The molecule has 1 saturated heterocycles. The highest BCUT2D eigenvalue weighted by molar-refractivity contribution is 5.81. The molecule has 0 spiro atoms. The van der Waals surface area contributed by atoms with Crippen LogP contribution < -0.4 is 5.32 Å². The molecule has 5 heteroatoms. The van der Waals surface area contributed by atoms with Crippen LogP contribution in [0.25, 0.3) is 0 Å². The Hall–Kier alpha value is -0.650. The van der Waals surface area contributed by atoms with E-state index >= 15 is 0 Å². The Morgan fingerprint density at radius 1 is 1.33 bits per heavy atom. The second-order valence-corrected chi connectivity index (χ2v) is 6.68. The van der Waals surface area contributed by atoms with Gasteiger partial charge in [-0.25, -0.2) is 0 Å². The Balaban J connectivity index is 1.91. The third kappa shape index (κ3) is 3.58. The van der Waals surface area contributed by atoms with Crippen LogP contribution in [0.4, 0.5) is 0 Å². The topological polar surface area (TPSA) is 44.8 Å². The summed E-state index contributed by atoms with van der Waals surface area (Å²) in [6.07, 6.45) is 5.33. The molecule has 0 aromatic carbocycles. The number of carbonyl (C=O) groups is 1. The fourth-order valence-corrected chi connectivity index (χ4v) is 3.88. The van der Waals surface area contributed by atoms with Crippen LogP contribution >= 0.6 is 0 Å². The van der Waals surface area contributed by atoms with Gasteiger partial charge < -0.3 is 19.9 Å². The van der Waals surface area contributed by atoms with E-state index in [0.717, 1.165) is 32.4 Å². The lowest BCUT2D eigenvalue weighted by Gasteiger charge is -2.39. The maximum Gasteiger partial charge on any atom is 0.326 e. The van der Waals surface area contributed by atoms with Gasteiger partial charge in [0, 0.05) is 12.1 Å².